The van der Waals surface area contributed by atoms with Crippen molar-refractivity contribution >= 4 is 46.6 Å². The second kappa shape index (κ2) is 10.8. The van der Waals surface area contributed by atoms with Crippen molar-refractivity contribution in [2.45, 2.75) is 32.1 Å². The van der Waals surface area contributed by atoms with Crippen molar-refractivity contribution in [3.63, 3.8) is 0 Å². The van der Waals surface area contributed by atoms with E-state index in [1.807, 2.05) is 14.1 Å². The lowest BCUT2D eigenvalue weighted by Crippen LogP contribution is -2.49. The molecule has 29 heavy (non-hydrogen) atoms. The number of carbonyl (C=O) groups excluding carboxylic acids is 1. The molecule has 1 saturated carbocycles. The Labute approximate surface area is 191 Å². The van der Waals surface area contributed by atoms with Crippen molar-refractivity contribution in [1.82, 2.24) is 15.5 Å². The minimum atomic E-state index is -0.292. The maximum Gasteiger partial charge on any atom is 0.230 e. The van der Waals surface area contributed by atoms with Crippen LogP contribution < -0.4 is 10.6 Å². The van der Waals surface area contributed by atoms with E-state index in [0.29, 0.717) is 6.54 Å². The van der Waals surface area contributed by atoms with Gasteiger partial charge in [0.05, 0.1) is 5.41 Å². The smallest absolute Gasteiger partial charge is 0.230 e. The van der Waals surface area contributed by atoms with Crippen LogP contribution >= 0.6 is 24.0 Å². The van der Waals surface area contributed by atoms with Gasteiger partial charge in [-0.3, -0.25) is 9.79 Å². The predicted molar refractivity (Wildman–Crippen MR) is 132 cm³/mol. The fourth-order valence-corrected chi connectivity index (χ4v) is 4.19. The number of hydrogen-bond donors (Lipinski definition) is 2. The van der Waals surface area contributed by atoms with Crippen LogP contribution in [0.3, 0.4) is 0 Å². The van der Waals surface area contributed by atoms with Gasteiger partial charge in [0.2, 0.25) is 5.91 Å². The number of halogens is 1. The topological polar surface area (TPSA) is 56.7 Å². The van der Waals surface area contributed by atoms with E-state index in [4.69, 9.17) is 0 Å². The second-order valence-corrected chi connectivity index (χ2v) is 7.97. The predicted octanol–water partition coefficient (Wildman–Crippen LogP) is 3.81. The Hall–Kier alpha value is -1.83. The van der Waals surface area contributed by atoms with Crippen molar-refractivity contribution in [1.29, 1.82) is 0 Å². The Kier molecular flexibility index (Phi) is 8.74. The van der Waals surface area contributed by atoms with Gasteiger partial charge in [0, 0.05) is 34.2 Å². The zero-order chi connectivity index (χ0) is 20.0. The number of nitrogens with zero attached hydrogens (tertiary/aromatic N) is 2. The molecule has 0 heterocycles. The van der Waals surface area contributed by atoms with Gasteiger partial charge >= 0.3 is 0 Å². The Morgan fingerprint density at radius 1 is 1.07 bits per heavy atom. The number of aliphatic imine (C=N–C) groups is 1. The van der Waals surface area contributed by atoms with Crippen LogP contribution in [-0.2, 0) is 11.2 Å². The minimum absolute atomic E-state index is 0. The number of carbonyl (C=O) groups is 1. The molecule has 1 aliphatic rings. The first-order valence-electron chi connectivity index (χ1n) is 10.2. The van der Waals surface area contributed by atoms with Crippen LogP contribution in [0, 0.1) is 5.41 Å². The van der Waals surface area contributed by atoms with Gasteiger partial charge < -0.3 is 15.5 Å². The van der Waals surface area contributed by atoms with E-state index in [1.165, 1.54) is 16.3 Å². The standard InChI is InChI=1S/C23H32N4O.HI/c1-24-22(26-17-23(13-6-7-14-23)21(28)27(2)3)25-15-12-18-10-11-19-8-4-5-9-20(19)16-18;/h4-5,8-11,16H,6-7,12-15,17H2,1-3H3,(H2,24,25,26);1H. The Morgan fingerprint density at radius 3 is 2.41 bits per heavy atom. The van der Waals surface area contributed by atoms with E-state index >= 15 is 0 Å². The molecule has 3 rings (SSSR count). The van der Waals surface area contributed by atoms with E-state index in [-0.39, 0.29) is 35.3 Å². The molecule has 5 nitrogen and oxygen atoms in total. The van der Waals surface area contributed by atoms with Crippen molar-refractivity contribution in [2.75, 3.05) is 34.2 Å². The molecule has 0 radical (unpaired) electrons. The van der Waals surface area contributed by atoms with Crippen molar-refractivity contribution < 1.29 is 4.79 Å². The Morgan fingerprint density at radius 2 is 1.76 bits per heavy atom. The lowest BCUT2D eigenvalue weighted by Gasteiger charge is -2.31. The zero-order valence-electron chi connectivity index (χ0n) is 17.7. The van der Waals surface area contributed by atoms with E-state index in [1.54, 1.807) is 11.9 Å². The largest absolute Gasteiger partial charge is 0.356 e. The molecular weight excluding hydrogens is 475 g/mol. The number of nitrogens with one attached hydrogen (secondary N) is 2. The van der Waals surface area contributed by atoms with Gasteiger partial charge in [-0.25, -0.2) is 0 Å². The van der Waals surface area contributed by atoms with E-state index in [2.05, 4.69) is 58.1 Å². The van der Waals surface area contributed by atoms with Crippen molar-refractivity contribution in [3.8, 4) is 0 Å². The van der Waals surface area contributed by atoms with Gasteiger partial charge in [-0.15, -0.1) is 24.0 Å². The molecule has 0 atom stereocenters. The molecule has 1 fully saturated rings. The first kappa shape index (κ1) is 23.4. The average Bonchev–Trinajstić information content (AvgIpc) is 3.19. The highest BCUT2D eigenvalue weighted by Crippen LogP contribution is 2.38. The third-order valence-corrected chi connectivity index (χ3v) is 5.76. The molecular formula is C23H33IN4O. The third-order valence-electron chi connectivity index (χ3n) is 5.76. The van der Waals surface area contributed by atoms with Gasteiger partial charge in [0.1, 0.15) is 0 Å². The summed E-state index contributed by atoms with van der Waals surface area (Å²) in [5, 5.41) is 9.32. The molecule has 6 heteroatoms. The summed E-state index contributed by atoms with van der Waals surface area (Å²) in [7, 11) is 5.47. The summed E-state index contributed by atoms with van der Waals surface area (Å²) < 4.78 is 0. The second-order valence-electron chi connectivity index (χ2n) is 7.97. The highest BCUT2D eigenvalue weighted by molar-refractivity contribution is 14.0. The normalized spacial score (nSPS) is 15.6. The lowest BCUT2D eigenvalue weighted by atomic mass is 9.84. The van der Waals surface area contributed by atoms with Crippen LogP contribution in [0.5, 0.6) is 0 Å². The average molecular weight is 508 g/mol. The van der Waals surface area contributed by atoms with Crippen LogP contribution in [0.25, 0.3) is 10.8 Å². The summed E-state index contributed by atoms with van der Waals surface area (Å²) >= 11 is 0. The lowest BCUT2D eigenvalue weighted by molar-refractivity contribution is -0.138. The molecule has 0 aromatic heterocycles. The first-order chi connectivity index (χ1) is 13.5. The highest BCUT2D eigenvalue weighted by Gasteiger charge is 2.42. The van der Waals surface area contributed by atoms with Crippen molar-refractivity contribution in [3.05, 3.63) is 48.0 Å². The van der Waals surface area contributed by atoms with Crippen LogP contribution in [0.4, 0.5) is 0 Å². The van der Waals surface area contributed by atoms with Gasteiger partial charge in [-0.1, -0.05) is 55.3 Å². The van der Waals surface area contributed by atoms with E-state index < -0.39 is 0 Å². The molecule has 1 amide bonds. The maximum absolute atomic E-state index is 12.7. The molecule has 0 bridgehead atoms. The van der Waals surface area contributed by atoms with Gasteiger partial charge in [-0.2, -0.15) is 0 Å². The van der Waals surface area contributed by atoms with E-state index in [0.717, 1.165) is 44.6 Å². The summed E-state index contributed by atoms with van der Waals surface area (Å²) in [5.41, 5.74) is 1.01. The van der Waals surface area contributed by atoms with Gasteiger partial charge in [0.15, 0.2) is 5.96 Å². The quantitative estimate of drug-likeness (QED) is 0.355. The van der Waals surface area contributed by atoms with Gasteiger partial charge in [-0.05, 0) is 35.6 Å². The fraction of sp³-hybridized carbons (Fsp3) is 0.478. The number of hydrogen-bond acceptors (Lipinski definition) is 2. The minimum Gasteiger partial charge on any atom is -0.356 e. The number of guanidine groups is 1. The number of amides is 1. The molecule has 0 unspecified atom stereocenters. The molecule has 158 valence electrons. The van der Waals surface area contributed by atoms with Crippen molar-refractivity contribution in [2.24, 2.45) is 10.4 Å². The monoisotopic (exact) mass is 508 g/mol. The summed E-state index contributed by atoms with van der Waals surface area (Å²) in [6.45, 7) is 1.44. The maximum atomic E-state index is 12.7. The molecule has 0 spiro atoms. The number of rotatable bonds is 6. The van der Waals surface area contributed by atoms with Crippen LogP contribution in [0.1, 0.15) is 31.2 Å². The SMILES string of the molecule is CN=C(NCCc1ccc2ccccc2c1)NCC1(C(=O)N(C)C)CCCC1.I. The molecule has 1 aliphatic carbocycles. The first-order valence-corrected chi connectivity index (χ1v) is 10.2. The van der Waals surface area contributed by atoms with E-state index in [9.17, 15) is 4.79 Å². The molecule has 0 saturated heterocycles. The molecule has 0 aliphatic heterocycles. The fourth-order valence-electron chi connectivity index (χ4n) is 4.19. The summed E-state index contributed by atoms with van der Waals surface area (Å²) in [4.78, 5) is 18.8. The molecule has 2 aromatic carbocycles. The highest BCUT2D eigenvalue weighted by atomic mass is 127. The molecule has 2 N–H and O–H groups in total. The van der Waals surface area contributed by atoms with Crippen LogP contribution in [0.15, 0.2) is 47.5 Å². The molecule has 2 aromatic rings. The number of fused-ring (bicyclic) bond motifs is 1. The Balaban J connectivity index is 0.00000300. The summed E-state index contributed by atoms with van der Waals surface area (Å²) in [6, 6.07) is 15.0. The van der Waals surface area contributed by atoms with Crippen LogP contribution in [-0.4, -0.2) is 51.0 Å². The third kappa shape index (κ3) is 5.84. The summed E-state index contributed by atoms with van der Waals surface area (Å²) in [6.07, 6.45) is 5.06. The van der Waals surface area contributed by atoms with Crippen LogP contribution in [0.2, 0.25) is 0 Å². The number of benzene rings is 2. The summed E-state index contributed by atoms with van der Waals surface area (Å²) in [5.74, 6) is 0.989. The van der Waals surface area contributed by atoms with Gasteiger partial charge in [0.25, 0.3) is 0 Å². The zero-order valence-corrected chi connectivity index (χ0v) is 20.0. The Bertz CT molecular complexity index is 844.